The molecule has 0 radical (unpaired) electrons. The minimum absolute atomic E-state index is 0.00539. The standard InChI is InChI=1S/C18H27N3O3/c1-4-9-21(13-18(23)20(2)3)12-17(22)19-11-15-10-14-7-5-6-8-16(14)24-15/h5-8,15H,4,9-13H2,1-3H3,(H,19,22). The number of fused-ring (bicyclic) bond motifs is 1. The summed E-state index contributed by atoms with van der Waals surface area (Å²) in [6, 6.07) is 7.94. The molecule has 24 heavy (non-hydrogen) atoms. The maximum Gasteiger partial charge on any atom is 0.236 e. The van der Waals surface area contributed by atoms with Gasteiger partial charge in [0.05, 0.1) is 19.6 Å². The lowest BCUT2D eigenvalue weighted by Gasteiger charge is -2.22. The largest absolute Gasteiger partial charge is 0.488 e. The normalized spacial score (nSPS) is 15.8. The van der Waals surface area contributed by atoms with Crippen molar-refractivity contribution in [2.45, 2.75) is 25.9 Å². The van der Waals surface area contributed by atoms with Gasteiger partial charge in [0.2, 0.25) is 11.8 Å². The van der Waals surface area contributed by atoms with E-state index in [-0.39, 0.29) is 31.0 Å². The Balaban J connectivity index is 1.76. The van der Waals surface area contributed by atoms with E-state index in [0.29, 0.717) is 6.54 Å². The number of nitrogens with one attached hydrogen (secondary N) is 1. The average molecular weight is 333 g/mol. The molecule has 2 rings (SSSR count). The van der Waals surface area contributed by atoms with Crippen LogP contribution >= 0.6 is 0 Å². The van der Waals surface area contributed by atoms with Gasteiger partial charge in [0.1, 0.15) is 11.9 Å². The molecule has 1 N–H and O–H groups in total. The molecule has 0 aromatic heterocycles. The third-order valence-corrected chi connectivity index (χ3v) is 4.01. The predicted molar refractivity (Wildman–Crippen MR) is 93.0 cm³/mol. The zero-order valence-corrected chi connectivity index (χ0v) is 14.7. The maximum atomic E-state index is 12.2. The van der Waals surface area contributed by atoms with Crippen molar-refractivity contribution >= 4 is 11.8 Å². The number of nitrogens with zero attached hydrogens (tertiary/aromatic N) is 2. The summed E-state index contributed by atoms with van der Waals surface area (Å²) in [6.45, 7) is 3.73. The number of carbonyl (C=O) groups excluding carboxylic acids is 2. The highest BCUT2D eigenvalue weighted by atomic mass is 16.5. The Bertz CT molecular complexity index is 549. The van der Waals surface area contributed by atoms with E-state index in [4.69, 9.17) is 4.74 Å². The molecular formula is C18H27N3O3. The van der Waals surface area contributed by atoms with Crippen LogP contribution in [0.15, 0.2) is 24.3 Å². The van der Waals surface area contributed by atoms with E-state index in [9.17, 15) is 9.59 Å². The SMILES string of the molecule is CCCN(CC(=O)NCC1Cc2ccccc2O1)CC(=O)N(C)C. The summed E-state index contributed by atoms with van der Waals surface area (Å²) < 4.78 is 5.82. The van der Waals surface area contributed by atoms with Crippen molar-refractivity contribution < 1.29 is 14.3 Å². The minimum Gasteiger partial charge on any atom is -0.488 e. The van der Waals surface area contributed by atoms with Crippen molar-refractivity contribution in [1.82, 2.24) is 15.1 Å². The molecule has 0 saturated heterocycles. The van der Waals surface area contributed by atoms with Gasteiger partial charge in [-0.05, 0) is 24.6 Å². The second-order valence-electron chi connectivity index (χ2n) is 6.35. The molecule has 0 fully saturated rings. The van der Waals surface area contributed by atoms with Crippen molar-refractivity contribution in [3.63, 3.8) is 0 Å². The molecule has 0 bridgehead atoms. The van der Waals surface area contributed by atoms with E-state index in [0.717, 1.165) is 25.1 Å². The predicted octanol–water partition coefficient (Wildman–Crippen LogP) is 0.906. The molecule has 2 amide bonds. The highest BCUT2D eigenvalue weighted by Crippen LogP contribution is 2.27. The first-order valence-electron chi connectivity index (χ1n) is 8.43. The highest BCUT2D eigenvalue weighted by Gasteiger charge is 2.23. The van der Waals surface area contributed by atoms with Gasteiger partial charge in [0.15, 0.2) is 0 Å². The number of para-hydroxylation sites is 1. The van der Waals surface area contributed by atoms with Crippen molar-refractivity contribution in [3.05, 3.63) is 29.8 Å². The van der Waals surface area contributed by atoms with Crippen LogP contribution in [-0.2, 0) is 16.0 Å². The molecule has 1 aliphatic heterocycles. The van der Waals surface area contributed by atoms with E-state index < -0.39 is 0 Å². The topological polar surface area (TPSA) is 61.9 Å². The van der Waals surface area contributed by atoms with Crippen molar-refractivity contribution in [1.29, 1.82) is 0 Å². The van der Waals surface area contributed by atoms with E-state index in [1.165, 1.54) is 5.56 Å². The van der Waals surface area contributed by atoms with Crippen LogP contribution in [0.5, 0.6) is 5.75 Å². The van der Waals surface area contributed by atoms with Crippen LogP contribution in [0, 0.1) is 0 Å². The number of hydrogen-bond acceptors (Lipinski definition) is 4. The Kier molecular flexibility index (Phi) is 6.61. The second-order valence-corrected chi connectivity index (χ2v) is 6.35. The summed E-state index contributed by atoms with van der Waals surface area (Å²) in [7, 11) is 3.45. The number of hydrogen-bond donors (Lipinski definition) is 1. The van der Waals surface area contributed by atoms with Crippen molar-refractivity contribution in [2.75, 3.05) is 40.3 Å². The highest BCUT2D eigenvalue weighted by molar-refractivity contribution is 5.81. The lowest BCUT2D eigenvalue weighted by molar-refractivity contribution is -0.130. The fourth-order valence-electron chi connectivity index (χ4n) is 2.72. The Labute approximate surface area is 143 Å². The van der Waals surface area contributed by atoms with Crippen LogP contribution in [0.3, 0.4) is 0 Å². The number of ether oxygens (including phenoxy) is 1. The molecule has 0 aliphatic carbocycles. The third kappa shape index (κ3) is 5.23. The van der Waals surface area contributed by atoms with E-state index in [1.54, 1.807) is 19.0 Å². The van der Waals surface area contributed by atoms with Gasteiger partial charge in [0.25, 0.3) is 0 Å². The van der Waals surface area contributed by atoms with Gasteiger partial charge < -0.3 is 15.0 Å². The molecule has 0 spiro atoms. The summed E-state index contributed by atoms with van der Waals surface area (Å²) >= 11 is 0. The van der Waals surface area contributed by atoms with Gasteiger partial charge in [-0.3, -0.25) is 14.5 Å². The quantitative estimate of drug-likeness (QED) is 0.768. The summed E-state index contributed by atoms with van der Waals surface area (Å²) in [4.78, 5) is 27.4. The molecule has 0 saturated carbocycles. The summed E-state index contributed by atoms with van der Waals surface area (Å²) in [6.07, 6.45) is 1.69. The van der Waals surface area contributed by atoms with Gasteiger partial charge >= 0.3 is 0 Å². The first-order valence-corrected chi connectivity index (χ1v) is 8.43. The van der Waals surface area contributed by atoms with Crippen LogP contribution < -0.4 is 10.1 Å². The van der Waals surface area contributed by atoms with Gasteiger partial charge in [0, 0.05) is 20.5 Å². The number of benzene rings is 1. The molecule has 6 heteroatoms. The molecule has 1 heterocycles. The van der Waals surface area contributed by atoms with Crippen LogP contribution in [0.2, 0.25) is 0 Å². The average Bonchev–Trinajstić information content (AvgIpc) is 2.96. The fourth-order valence-corrected chi connectivity index (χ4v) is 2.72. The number of amides is 2. The first kappa shape index (κ1) is 18.3. The minimum atomic E-state index is -0.0745. The number of carbonyl (C=O) groups is 2. The van der Waals surface area contributed by atoms with Gasteiger partial charge in [-0.15, -0.1) is 0 Å². The molecule has 1 atom stereocenters. The summed E-state index contributed by atoms with van der Waals surface area (Å²) in [5, 5.41) is 2.92. The van der Waals surface area contributed by atoms with Gasteiger partial charge in [-0.25, -0.2) is 0 Å². The molecule has 1 aliphatic rings. The van der Waals surface area contributed by atoms with E-state index in [1.807, 2.05) is 36.1 Å². The first-order chi connectivity index (χ1) is 11.5. The maximum absolute atomic E-state index is 12.2. The number of likely N-dealkylation sites (N-methyl/N-ethyl adjacent to an activating group) is 1. The van der Waals surface area contributed by atoms with Crippen LogP contribution in [-0.4, -0.2) is 68.0 Å². The Morgan fingerprint density at radius 3 is 2.67 bits per heavy atom. The zero-order valence-electron chi connectivity index (χ0n) is 14.7. The Morgan fingerprint density at radius 1 is 1.25 bits per heavy atom. The summed E-state index contributed by atoms with van der Waals surface area (Å²) in [5.41, 5.74) is 1.18. The van der Waals surface area contributed by atoms with Crippen LogP contribution in [0.4, 0.5) is 0 Å². The molecule has 1 aromatic rings. The molecular weight excluding hydrogens is 306 g/mol. The molecule has 132 valence electrons. The van der Waals surface area contributed by atoms with Crippen LogP contribution in [0.25, 0.3) is 0 Å². The van der Waals surface area contributed by atoms with Gasteiger partial charge in [-0.2, -0.15) is 0 Å². The molecule has 1 unspecified atom stereocenters. The Morgan fingerprint density at radius 2 is 2.00 bits per heavy atom. The fraction of sp³-hybridized carbons (Fsp3) is 0.556. The zero-order chi connectivity index (χ0) is 17.5. The third-order valence-electron chi connectivity index (χ3n) is 4.01. The lowest BCUT2D eigenvalue weighted by atomic mass is 10.1. The van der Waals surface area contributed by atoms with E-state index >= 15 is 0 Å². The molecule has 1 aromatic carbocycles. The molecule has 6 nitrogen and oxygen atoms in total. The monoisotopic (exact) mass is 333 g/mol. The van der Waals surface area contributed by atoms with Gasteiger partial charge in [-0.1, -0.05) is 25.1 Å². The van der Waals surface area contributed by atoms with Crippen LogP contribution in [0.1, 0.15) is 18.9 Å². The number of rotatable bonds is 8. The van der Waals surface area contributed by atoms with Crippen molar-refractivity contribution in [3.8, 4) is 5.75 Å². The second kappa shape index (κ2) is 8.68. The Hall–Kier alpha value is -2.08. The lowest BCUT2D eigenvalue weighted by Crippen LogP contribution is -2.44. The summed E-state index contributed by atoms with van der Waals surface area (Å²) in [5.74, 6) is 0.835. The van der Waals surface area contributed by atoms with Crippen molar-refractivity contribution in [2.24, 2.45) is 0 Å². The van der Waals surface area contributed by atoms with E-state index in [2.05, 4.69) is 5.32 Å². The smallest absolute Gasteiger partial charge is 0.236 e.